The smallest absolute Gasteiger partial charge is 0.287 e. The second kappa shape index (κ2) is 8.47. The minimum absolute atomic E-state index is 0.0317. The van der Waals surface area contributed by atoms with Crippen molar-refractivity contribution in [1.29, 1.82) is 0 Å². The Morgan fingerprint density at radius 2 is 1.79 bits per heavy atom. The van der Waals surface area contributed by atoms with Crippen molar-refractivity contribution in [2.75, 3.05) is 0 Å². The normalized spacial score (nSPS) is 19.2. The number of carbonyl (C=O) groups is 1. The van der Waals surface area contributed by atoms with Crippen LogP contribution in [0, 0.1) is 11.8 Å². The number of furan rings is 1. The number of amides is 1. The highest BCUT2D eigenvalue weighted by Crippen LogP contribution is 2.50. The van der Waals surface area contributed by atoms with E-state index in [0.717, 1.165) is 0 Å². The van der Waals surface area contributed by atoms with Crippen LogP contribution >= 0.6 is 0 Å². The maximum atomic E-state index is 12.6. The molecule has 1 N–H and O–H groups in total. The van der Waals surface area contributed by atoms with E-state index in [1.165, 1.54) is 42.4 Å². The Kier molecular flexibility index (Phi) is 5.61. The Labute approximate surface area is 166 Å². The first-order valence-electron chi connectivity index (χ1n) is 10.3. The van der Waals surface area contributed by atoms with Crippen LogP contribution in [0.25, 0.3) is 11.1 Å². The zero-order valence-electron chi connectivity index (χ0n) is 16.3. The van der Waals surface area contributed by atoms with Gasteiger partial charge in [-0.3, -0.25) is 4.79 Å². The van der Waals surface area contributed by atoms with Gasteiger partial charge in [0, 0.05) is 0 Å². The summed E-state index contributed by atoms with van der Waals surface area (Å²) in [4.78, 5) is 12.6. The van der Waals surface area contributed by atoms with Gasteiger partial charge in [-0.2, -0.15) is 0 Å². The first-order chi connectivity index (χ1) is 13.8. The molecule has 3 atom stereocenters. The SMILES string of the molecule is CCCC[C@@H]1C[C@H]1[C@@H](NC(=O)c1ccco1)c1ccc(-c2ccccc2)cc1. The Morgan fingerprint density at radius 3 is 2.46 bits per heavy atom. The molecule has 3 nitrogen and oxygen atoms in total. The van der Waals surface area contributed by atoms with E-state index in [4.69, 9.17) is 4.42 Å². The second-order valence-electron chi connectivity index (χ2n) is 7.72. The topological polar surface area (TPSA) is 42.2 Å². The summed E-state index contributed by atoms with van der Waals surface area (Å²) < 4.78 is 5.29. The first-order valence-corrected chi connectivity index (χ1v) is 10.3. The van der Waals surface area contributed by atoms with Gasteiger partial charge in [-0.1, -0.05) is 80.8 Å². The van der Waals surface area contributed by atoms with Crippen LogP contribution in [0.15, 0.2) is 77.4 Å². The lowest BCUT2D eigenvalue weighted by atomic mass is 9.96. The van der Waals surface area contributed by atoms with Crippen molar-refractivity contribution in [3.8, 4) is 11.1 Å². The summed E-state index contributed by atoms with van der Waals surface area (Å²) in [5, 5.41) is 3.23. The fourth-order valence-electron chi connectivity index (χ4n) is 4.05. The van der Waals surface area contributed by atoms with Gasteiger partial charge in [0.2, 0.25) is 0 Å². The van der Waals surface area contributed by atoms with E-state index in [2.05, 4.69) is 60.8 Å². The molecule has 28 heavy (non-hydrogen) atoms. The van der Waals surface area contributed by atoms with E-state index in [1.54, 1.807) is 18.4 Å². The van der Waals surface area contributed by atoms with Gasteiger partial charge in [0.25, 0.3) is 5.91 Å². The Morgan fingerprint density at radius 1 is 1.04 bits per heavy atom. The molecular formula is C25H27NO2. The molecule has 3 heteroatoms. The molecule has 0 radical (unpaired) electrons. The lowest BCUT2D eigenvalue weighted by Crippen LogP contribution is -2.30. The van der Waals surface area contributed by atoms with Crippen LogP contribution in [-0.2, 0) is 0 Å². The zero-order valence-corrected chi connectivity index (χ0v) is 16.3. The minimum Gasteiger partial charge on any atom is -0.459 e. The Hall–Kier alpha value is -2.81. The van der Waals surface area contributed by atoms with E-state index in [-0.39, 0.29) is 11.9 Å². The van der Waals surface area contributed by atoms with Crippen molar-refractivity contribution in [3.63, 3.8) is 0 Å². The monoisotopic (exact) mass is 373 g/mol. The first kappa shape index (κ1) is 18.5. The summed E-state index contributed by atoms with van der Waals surface area (Å²) in [5.74, 6) is 1.45. The van der Waals surface area contributed by atoms with E-state index < -0.39 is 0 Å². The highest BCUT2D eigenvalue weighted by Gasteiger charge is 2.43. The third-order valence-corrected chi connectivity index (χ3v) is 5.74. The largest absolute Gasteiger partial charge is 0.459 e. The standard InChI is InChI=1S/C25H27NO2/c1-2-3-8-21-17-22(21)24(26-25(27)23-11-7-16-28-23)20-14-12-19(13-15-20)18-9-5-4-6-10-18/h4-7,9-16,21-22,24H,2-3,8,17H2,1H3,(H,26,27)/t21-,22-,24+/m1/s1. The van der Waals surface area contributed by atoms with E-state index in [1.807, 2.05) is 6.07 Å². The maximum Gasteiger partial charge on any atom is 0.287 e. The molecule has 2 aromatic carbocycles. The molecule has 1 aromatic heterocycles. The lowest BCUT2D eigenvalue weighted by Gasteiger charge is -2.20. The molecule has 4 rings (SSSR count). The summed E-state index contributed by atoms with van der Waals surface area (Å²) in [6.45, 7) is 2.23. The number of hydrogen-bond acceptors (Lipinski definition) is 2. The molecule has 0 bridgehead atoms. The molecule has 144 valence electrons. The van der Waals surface area contributed by atoms with Crippen molar-refractivity contribution >= 4 is 5.91 Å². The van der Waals surface area contributed by atoms with Crippen LogP contribution in [0.4, 0.5) is 0 Å². The second-order valence-corrected chi connectivity index (χ2v) is 7.72. The molecule has 1 saturated carbocycles. The predicted octanol–water partition coefficient (Wildman–Crippen LogP) is 6.24. The molecule has 0 aliphatic heterocycles. The van der Waals surface area contributed by atoms with Crippen LogP contribution in [0.3, 0.4) is 0 Å². The summed E-state index contributed by atoms with van der Waals surface area (Å²) in [6.07, 6.45) is 6.45. The average Bonchev–Trinajstić information content (AvgIpc) is 3.28. The molecule has 1 aliphatic rings. The van der Waals surface area contributed by atoms with E-state index >= 15 is 0 Å². The van der Waals surface area contributed by atoms with Crippen LogP contribution in [-0.4, -0.2) is 5.91 Å². The van der Waals surface area contributed by atoms with Crippen molar-refractivity contribution in [1.82, 2.24) is 5.32 Å². The number of rotatable bonds is 8. The van der Waals surface area contributed by atoms with Crippen LogP contribution < -0.4 is 5.32 Å². The summed E-state index contributed by atoms with van der Waals surface area (Å²) in [6, 6.07) is 22.5. The molecule has 0 unspecified atom stereocenters. The number of unbranched alkanes of at least 4 members (excludes halogenated alkanes) is 1. The van der Waals surface area contributed by atoms with Gasteiger partial charge in [-0.25, -0.2) is 0 Å². The number of hydrogen-bond donors (Lipinski definition) is 1. The maximum absolute atomic E-state index is 12.6. The molecular weight excluding hydrogens is 346 g/mol. The highest BCUT2D eigenvalue weighted by atomic mass is 16.3. The van der Waals surface area contributed by atoms with Crippen LogP contribution in [0.5, 0.6) is 0 Å². The Balaban J connectivity index is 1.54. The number of carbonyl (C=O) groups excluding carboxylic acids is 1. The fraction of sp³-hybridized carbons (Fsp3) is 0.320. The third-order valence-electron chi connectivity index (χ3n) is 5.74. The van der Waals surface area contributed by atoms with Crippen molar-refractivity contribution in [2.24, 2.45) is 11.8 Å². The van der Waals surface area contributed by atoms with Crippen LogP contribution in [0.1, 0.15) is 54.8 Å². The minimum atomic E-state index is -0.136. The van der Waals surface area contributed by atoms with Gasteiger partial charge in [0.1, 0.15) is 0 Å². The fourth-order valence-corrected chi connectivity index (χ4v) is 4.05. The van der Waals surface area contributed by atoms with Crippen molar-refractivity contribution in [2.45, 2.75) is 38.6 Å². The summed E-state index contributed by atoms with van der Waals surface area (Å²) >= 11 is 0. The van der Waals surface area contributed by atoms with Crippen LogP contribution in [0.2, 0.25) is 0 Å². The van der Waals surface area contributed by atoms with E-state index in [0.29, 0.717) is 17.6 Å². The predicted molar refractivity (Wildman–Crippen MR) is 112 cm³/mol. The lowest BCUT2D eigenvalue weighted by molar-refractivity contribution is 0.0902. The number of nitrogens with one attached hydrogen (secondary N) is 1. The summed E-state index contributed by atoms with van der Waals surface area (Å²) in [5.41, 5.74) is 3.57. The van der Waals surface area contributed by atoms with E-state index in [9.17, 15) is 4.79 Å². The van der Waals surface area contributed by atoms with Gasteiger partial charge >= 0.3 is 0 Å². The molecule has 1 amide bonds. The van der Waals surface area contributed by atoms with Crippen molar-refractivity contribution in [3.05, 3.63) is 84.3 Å². The average molecular weight is 373 g/mol. The molecule has 1 heterocycles. The Bertz CT molecular complexity index is 884. The van der Waals surface area contributed by atoms with Gasteiger partial charge in [0.05, 0.1) is 12.3 Å². The third kappa shape index (κ3) is 4.19. The van der Waals surface area contributed by atoms with Gasteiger partial charge < -0.3 is 9.73 Å². The molecule has 1 aliphatic carbocycles. The quantitative estimate of drug-likeness (QED) is 0.507. The van der Waals surface area contributed by atoms with Gasteiger partial charge in [-0.15, -0.1) is 0 Å². The van der Waals surface area contributed by atoms with Crippen molar-refractivity contribution < 1.29 is 9.21 Å². The molecule has 0 saturated heterocycles. The zero-order chi connectivity index (χ0) is 19.3. The molecule has 3 aromatic rings. The molecule has 0 spiro atoms. The molecule has 1 fully saturated rings. The number of benzene rings is 2. The summed E-state index contributed by atoms with van der Waals surface area (Å²) in [7, 11) is 0. The van der Waals surface area contributed by atoms with Gasteiger partial charge in [-0.05, 0) is 47.1 Å². The van der Waals surface area contributed by atoms with Gasteiger partial charge in [0.15, 0.2) is 5.76 Å². The highest BCUT2D eigenvalue weighted by molar-refractivity contribution is 5.91.